The molecule has 1 saturated carbocycles. The molecule has 0 spiro atoms. The van der Waals surface area contributed by atoms with Crippen molar-refractivity contribution < 1.29 is 22.7 Å². The molecule has 1 amide bonds. The van der Waals surface area contributed by atoms with Gasteiger partial charge in [-0.1, -0.05) is 29.3 Å². The first kappa shape index (κ1) is 33.4. The van der Waals surface area contributed by atoms with Crippen LogP contribution in [0.1, 0.15) is 56.9 Å². The number of amides is 1. The van der Waals surface area contributed by atoms with E-state index in [4.69, 9.17) is 27.1 Å². The molecule has 2 bridgehead atoms. The second kappa shape index (κ2) is 12.2. The first-order valence-electron chi connectivity index (χ1n) is 18.4. The van der Waals surface area contributed by atoms with E-state index in [1.165, 1.54) is 11.6 Å². The second-order valence-electron chi connectivity index (χ2n) is 15.4. The Labute approximate surface area is 312 Å². The molecule has 5 aliphatic heterocycles. The molecule has 10 rings (SSSR count). The van der Waals surface area contributed by atoms with E-state index < -0.39 is 22.5 Å². The number of nitrogen functional groups attached to an aromatic ring is 1. The molecule has 274 valence electrons. The summed E-state index contributed by atoms with van der Waals surface area (Å²) in [5, 5.41) is 12.6. The van der Waals surface area contributed by atoms with Crippen molar-refractivity contribution in [3.63, 3.8) is 0 Å². The number of nitrogens with two attached hydrogens (primary N) is 1. The average Bonchev–Trinajstić information content (AvgIpc) is 3.97. The number of nitrogens with zero attached hydrogens (tertiary/aromatic N) is 6. The van der Waals surface area contributed by atoms with Crippen LogP contribution in [0, 0.1) is 28.8 Å². The summed E-state index contributed by atoms with van der Waals surface area (Å²) in [4.78, 5) is 29.3. The molecule has 10 nitrogen and oxygen atoms in total. The Hall–Kier alpha value is -4.16. The summed E-state index contributed by atoms with van der Waals surface area (Å²) in [5.41, 5.74) is 6.60. The highest BCUT2D eigenvalue weighted by molar-refractivity contribution is 7.23. The molecule has 6 fully saturated rings. The van der Waals surface area contributed by atoms with Crippen molar-refractivity contribution in [2.75, 3.05) is 43.4 Å². The molecule has 2 aromatic carbocycles. The zero-order valence-electron chi connectivity index (χ0n) is 28.7. The monoisotopic (exact) mass is 760 g/mol. The summed E-state index contributed by atoms with van der Waals surface area (Å²) >= 11 is 7.60. The van der Waals surface area contributed by atoms with Gasteiger partial charge in [0.05, 0.1) is 32.3 Å². The number of halogens is 4. The number of allylic oxidation sites excluding steroid dienone is 1. The largest absolute Gasteiger partial charge is 0.461 e. The molecule has 4 atom stereocenters. The normalized spacial score (nSPS) is 25.7. The number of rotatable bonds is 7. The van der Waals surface area contributed by atoms with Gasteiger partial charge in [0.1, 0.15) is 40.9 Å². The third-order valence-corrected chi connectivity index (χ3v) is 13.7. The van der Waals surface area contributed by atoms with Crippen LogP contribution >= 0.6 is 22.9 Å². The van der Waals surface area contributed by atoms with Gasteiger partial charge in [-0.2, -0.15) is 15.2 Å². The highest BCUT2D eigenvalue weighted by Crippen LogP contribution is 2.48. The predicted octanol–water partition coefficient (Wildman–Crippen LogP) is 6.28. The van der Waals surface area contributed by atoms with Crippen molar-refractivity contribution in [3.8, 4) is 23.2 Å². The molecule has 4 aromatic rings. The Morgan fingerprint density at radius 3 is 2.55 bits per heavy atom. The van der Waals surface area contributed by atoms with Gasteiger partial charge < -0.3 is 20.3 Å². The van der Waals surface area contributed by atoms with Gasteiger partial charge in [0.25, 0.3) is 0 Å². The highest BCUT2D eigenvalue weighted by atomic mass is 35.5. The number of piperazine rings is 1. The third-order valence-electron chi connectivity index (χ3n) is 12.3. The molecule has 3 N–H and O–H groups in total. The number of anilines is 2. The second-order valence-corrected chi connectivity index (χ2v) is 16.8. The van der Waals surface area contributed by atoms with Crippen LogP contribution in [-0.4, -0.2) is 88.2 Å². The van der Waals surface area contributed by atoms with Crippen LogP contribution in [0.3, 0.4) is 0 Å². The number of hydrogen-bond acceptors (Lipinski definition) is 10. The number of nitrogens with one attached hydrogen (secondary N) is 1. The van der Waals surface area contributed by atoms with Crippen molar-refractivity contribution in [2.24, 2.45) is 0 Å². The predicted molar refractivity (Wildman–Crippen MR) is 197 cm³/mol. The van der Waals surface area contributed by atoms with E-state index in [0.717, 1.165) is 81.9 Å². The molecule has 0 radical (unpaired) electrons. The smallest absolute Gasteiger partial charge is 0.319 e. The van der Waals surface area contributed by atoms with Crippen LogP contribution in [0.4, 0.5) is 24.0 Å². The molecular formula is C38H36ClF3N8O2S. The molecular weight excluding hydrogens is 725 g/mol. The van der Waals surface area contributed by atoms with Crippen molar-refractivity contribution in [3.05, 3.63) is 51.8 Å². The van der Waals surface area contributed by atoms with Gasteiger partial charge in [0, 0.05) is 36.1 Å². The van der Waals surface area contributed by atoms with Gasteiger partial charge in [0.2, 0.25) is 5.91 Å². The van der Waals surface area contributed by atoms with E-state index in [0.29, 0.717) is 19.7 Å². The Morgan fingerprint density at radius 2 is 1.85 bits per heavy atom. The lowest BCUT2D eigenvalue weighted by atomic mass is 9.95. The van der Waals surface area contributed by atoms with Crippen LogP contribution in [0.5, 0.6) is 6.01 Å². The third kappa shape index (κ3) is 5.21. The maximum atomic E-state index is 17.2. The number of carbonyl (C=O) groups is 1. The van der Waals surface area contributed by atoms with E-state index in [2.05, 4.69) is 21.3 Å². The molecule has 5 saturated heterocycles. The lowest BCUT2D eigenvalue weighted by Crippen LogP contribution is -2.57. The van der Waals surface area contributed by atoms with Gasteiger partial charge in [0.15, 0.2) is 11.6 Å². The zero-order chi connectivity index (χ0) is 36.3. The number of hydrogen-bond donors (Lipinski definition) is 2. The number of nitriles is 1. The summed E-state index contributed by atoms with van der Waals surface area (Å²) in [5.74, 6) is -2.31. The SMILES string of the molecule is N#Cc1c(N)sc2c(F)ccc(-c3c(Cl)c(F)c4c(N5CC6CCC(C5)N6C(=O)[C@@H]5NC5C=C5CC5)nc(OCC56CCCN5CCC6)nc4c3F)c12. The van der Waals surface area contributed by atoms with E-state index in [-0.39, 0.29) is 90.1 Å². The first-order valence-corrected chi connectivity index (χ1v) is 19.5. The van der Waals surface area contributed by atoms with Gasteiger partial charge >= 0.3 is 6.01 Å². The molecule has 1 aliphatic carbocycles. The zero-order valence-corrected chi connectivity index (χ0v) is 30.3. The van der Waals surface area contributed by atoms with Crippen molar-refractivity contribution in [1.29, 1.82) is 5.26 Å². The number of ether oxygens (including phenoxy) is 1. The fourth-order valence-electron chi connectivity index (χ4n) is 9.53. The molecule has 7 heterocycles. The standard InChI is InChI=1S/C38H36ClF3N8O2S/c39-28-26(21-7-8-23(40)33-25(21)22(14-43)34(44)53-33)30(42)32-27(29(28)41)35(47-37(46-32)52-17-38-9-1-11-49(38)12-2-10-38)48-15-19-5-6-20(16-48)50(19)36(51)31-24(45-31)13-18-3-4-18/h7-8,13,19-20,24,31,45H,1-6,9-12,15-17,44H2/t19?,20?,24?,31-/m1/s1. The van der Waals surface area contributed by atoms with Crippen LogP contribution < -0.4 is 20.7 Å². The fourth-order valence-corrected chi connectivity index (χ4v) is 10.8. The first-order chi connectivity index (χ1) is 25.7. The Balaban J connectivity index is 1.08. The maximum Gasteiger partial charge on any atom is 0.319 e. The molecule has 15 heteroatoms. The number of aromatic nitrogens is 2. The Morgan fingerprint density at radius 1 is 1.11 bits per heavy atom. The Bertz CT molecular complexity index is 2300. The van der Waals surface area contributed by atoms with Crippen molar-refractivity contribution in [1.82, 2.24) is 25.1 Å². The van der Waals surface area contributed by atoms with Crippen LogP contribution in [0.25, 0.3) is 32.1 Å². The van der Waals surface area contributed by atoms with E-state index in [9.17, 15) is 14.4 Å². The van der Waals surface area contributed by atoms with Crippen LogP contribution in [0.15, 0.2) is 23.8 Å². The minimum absolute atomic E-state index is 0.0257. The molecule has 6 aliphatic rings. The Kier molecular flexibility index (Phi) is 7.68. The number of fused-ring (bicyclic) bond motifs is 5. The summed E-state index contributed by atoms with van der Waals surface area (Å²) in [6, 6.07) is 3.87. The van der Waals surface area contributed by atoms with Crippen LogP contribution in [-0.2, 0) is 4.79 Å². The van der Waals surface area contributed by atoms with Crippen LogP contribution in [0.2, 0.25) is 5.02 Å². The molecule has 53 heavy (non-hydrogen) atoms. The van der Waals surface area contributed by atoms with Gasteiger partial charge in [-0.3, -0.25) is 15.0 Å². The van der Waals surface area contributed by atoms with Gasteiger partial charge in [-0.05, 0) is 76.1 Å². The minimum atomic E-state index is -0.949. The number of carbonyl (C=O) groups excluding carboxylic acids is 1. The lowest BCUT2D eigenvalue weighted by Gasteiger charge is -2.42. The number of thiophene rings is 1. The highest BCUT2D eigenvalue weighted by Gasteiger charge is 2.51. The average molecular weight is 761 g/mol. The van der Waals surface area contributed by atoms with E-state index >= 15 is 8.78 Å². The number of benzene rings is 2. The summed E-state index contributed by atoms with van der Waals surface area (Å²) in [6.07, 6.45) is 9.98. The van der Waals surface area contributed by atoms with E-state index in [1.54, 1.807) is 0 Å². The molecule has 2 aromatic heterocycles. The summed E-state index contributed by atoms with van der Waals surface area (Å²) in [6.45, 7) is 3.00. The minimum Gasteiger partial charge on any atom is -0.461 e. The lowest BCUT2D eigenvalue weighted by molar-refractivity contribution is -0.134. The summed E-state index contributed by atoms with van der Waals surface area (Å²) in [7, 11) is 0. The fraction of sp³-hybridized carbons (Fsp3) is 0.474. The molecule has 3 unspecified atom stereocenters. The van der Waals surface area contributed by atoms with E-state index in [1.807, 2.05) is 15.9 Å². The van der Waals surface area contributed by atoms with Crippen molar-refractivity contribution in [2.45, 2.75) is 81.1 Å². The maximum absolute atomic E-state index is 17.2. The quantitative estimate of drug-likeness (QED) is 0.127. The van der Waals surface area contributed by atoms with Gasteiger partial charge in [-0.25, -0.2) is 13.2 Å². The van der Waals surface area contributed by atoms with Gasteiger partial charge in [-0.15, -0.1) is 11.3 Å². The topological polar surface area (TPSA) is 134 Å². The van der Waals surface area contributed by atoms with Crippen molar-refractivity contribution >= 4 is 60.7 Å². The summed E-state index contributed by atoms with van der Waals surface area (Å²) < 4.78 is 55.5.